The molecular weight excluding hydrogens is 272 g/mol. The van der Waals surface area contributed by atoms with Crippen LogP contribution in [0.5, 0.6) is 0 Å². The Morgan fingerprint density at radius 1 is 0.850 bits per heavy atom. The smallest absolute Gasteiger partial charge is 0.201 e. The van der Waals surface area contributed by atoms with E-state index in [1.807, 2.05) is 0 Å². The van der Waals surface area contributed by atoms with Crippen LogP contribution in [0.25, 0.3) is 0 Å². The van der Waals surface area contributed by atoms with Crippen LogP contribution < -0.4 is 0 Å². The molecular formula is C15H10F4O. The summed E-state index contributed by atoms with van der Waals surface area (Å²) < 4.78 is 54.2. The molecule has 2 aromatic carbocycles. The van der Waals surface area contributed by atoms with E-state index in [2.05, 4.69) is 0 Å². The number of benzene rings is 2. The molecule has 0 aliphatic carbocycles. The average molecular weight is 282 g/mol. The van der Waals surface area contributed by atoms with Crippen molar-refractivity contribution < 1.29 is 22.4 Å². The predicted octanol–water partition coefficient (Wildman–Crippen LogP) is 4.09. The van der Waals surface area contributed by atoms with Crippen LogP contribution in [0, 0.1) is 37.1 Å². The number of aryl methyl sites for hydroxylation is 2. The van der Waals surface area contributed by atoms with Crippen molar-refractivity contribution in [3.63, 3.8) is 0 Å². The number of halogens is 4. The SMILES string of the molecule is Cc1cc(C(=O)c2c(F)ccc(C)c2F)c(F)cc1F. The first-order chi connectivity index (χ1) is 9.32. The van der Waals surface area contributed by atoms with Crippen molar-refractivity contribution in [2.24, 2.45) is 0 Å². The van der Waals surface area contributed by atoms with Crippen LogP contribution in [0.15, 0.2) is 24.3 Å². The standard InChI is InChI=1S/C15H10F4O/c1-7-3-4-10(16)13(14(7)19)15(20)9-5-8(2)11(17)6-12(9)18/h3-6H,1-2H3. The second-order valence-corrected chi connectivity index (χ2v) is 4.46. The lowest BCUT2D eigenvalue weighted by molar-refractivity contribution is 0.102. The number of hydrogen-bond acceptors (Lipinski definition) is 1. The van der Waals surface area contributed by atoms with Crippen LogP contribution >= 0.6 is 0 Å². The maximum Gasteiger partial charge on any atom is 0.201 e. The van der Waals surface area contributed by atoms with Gasteiger partial charge in [0.05, 0.1) is 11.1 Å². The van der Waals surface area contributed by atoms with E-state index >= 15 is 0 Å². The zero-order valence-corrected chi connectivity index (χ0v) is 10.7. The van der Waals surface area contributed by atoms with Crippen LogP contribution in [0.4, 0.5) is 17.6 Å². The van der Waals surface area contributed by atoms with Gasteiger partial charge in [-0.2, -0.15) is 0 Å². The molecule has 0 aliphatic heterocycles. The number of ketones is 1. The zero-order chi connectivity index (χ0) is 15.0. The molecule has 5 heteroatoms. The molecule has 1 nitrogen and oxygen atoms in total. The third-order valence-corrected chi connectivity index (χ3v) is 3.00. The topological polar surface area (TPSA) is 17.1 Å². The van der Waals surface area contributed by atoms with Crippen molar-refractivity contribution in [1.29, 1.82) is 0 Å². The summed E-state index contributed by atoms with van der Waals surface area (Å²) in [5.41, 5.74) is -1.32. The van der Waals surface area contributed by atoms with Crippen LogP contribution in [0.1, 0.15) is 27.0 Å². The lowest BCUT2D eigenvalue weighted by Gasteiger charge is -2.08. The maximum atomic E-state index is 13.9. The molecule has 0 unspecified atom stereocenters. The molecule has 0 saturated heterocycles. The highest BCUT2D eigenvalue weighted by molar-refractivity contribution is 6.09. The van der Waals surface area contributed by atoms with Gasteiger partial charge in [-0.05, 0) is 37.1 Å². The highest BCUT2D eigenvalue weighted by Crippen LogP contribution is 2.23. The van der Waals surface area contributed by atoms with Gasteiger partial charge in [0, 0.05) is 6.07 Å². The Labute approximate surface area is 112 Å². The Morgan fingerprint density at radius 3 is 2.15 bits per heavy atom. The van der Waals surface area contributed by atoms with Crippen molar-refractivity contribution in [2.45, 2.75) is 13.8 Å². The molecule has 0 aliphatic rings. The van der Waals surface area contributed by atoms with E-state index < -0.39 is 40.2 Å². The summed E-state index contributed by atoms with van der Waals surface area (Å²) >= 11 is 0. The fourth-order valence-corrected chi connectivity index (χ4v) is 1.83. The van der Waals surface area contributed by atoms with E-state index in [4.69, 9.17) is 0 Å². The molecule has 0 fully saturated rings. The fraction of sp³-hybridized carbons (Fsp3) is 0.133. The normalized spacial score (nSPS) is 10.7. The Morgan fingerprint density at radius 2 is 1.50 bits per heavy atom. The predicted molar refractivity (Wildman–Crippen MR) is 65.6 cm³/mol. The minimum Gasteiger partial charge on any atom is -0.288 e. The van der Waals surface area contributed by atoms with Gasteiger partial charge in [0.15, 0.2) is 0 Å². The van der Waals surface area contributed by atoms with E-state index in [9.17, 15) is 22.4 Å². The molecule has 0 bridgehead atoms. The second-order valence-electron chi connectivity index (χ2n) is 4.46. The average Bonchev–Trinajstić information content (AvgIpc) is 2.38. The summed E-state index contributed by atoms with van der Waals surface area (Å²) in [5, 5.41) is 0. The first-order valence-corrected chi connectivity index (χ1v) is 5.78. The lowest BCUT2D eigenvalue weighted by Crippen LogP contribution is -2.11. The van der Waals surface area contributed by atoms with Crippen LogP contribution in [0.2, 0.25) is 0 Å². The van der Waals surface area contributed by atoms with Gasteiger partial charge in [0.2, 0.25) is 5.78 Å². The van der Waals surface area contributed by atoms with Gasteiger partial charge < -0.3 is 0 Å². The Hall–Kier alpha value is -2.17. The van der Waals surface area contributed by atoms with Crippen molar-refractivity contribution in [1.82, 2.24) is 0 Å². The molecule has 0 radical (unpaired) electrons. The molecule has 0 atom stereocenters. The number of carbonyl (C=O) groups is 1. The summed E-state index contributed by atoms with van der Waals surface area (Å²) in [6.07, 6.45) is 0. The second kappa shape index (κ2) is 5.07. The van der Waals surface area contributed by atoms with Gasteiger partial charge in [0.25, 0.3) is 0 Å². The lowest BCUT2D eigenvalue weighted by atomic mass is 9.98. The van der Waals surface area contributed by atoms with Crippen LogP contribution in [-0.2, 0) is 0 Å². The van der Waals surface area contributed by atoms with Gasteiger partial charge in [0.1, 0.15) is 23.3 Å². The molecule has 0 saturated carbocycles. The first kappa shape index (κ1) is 14.2. The van der Waals surface area contributed by atoms with Crippen molar-refractivity contribution >= 4 is 5.78 Å². The van der Waals surface area contributed by atoms with Gasteiger partial charge in [-0.1, -0.05) is 6.07 Å². The first-order valence-electron chi connectivity index (χ1n) is 5.78. The molecule has 0 N–H and O–H groups in total. The van der Waals surface area contributed by atoms with Crippen molar-refractivity contribution in [3.8, 4) is 0 Å². The van der Waals surface area contributed by atoms with Crippen molar-refractivity contribution in [2.75, 3.05) is 0 Å². The molecule has 0 amide bonds. The summed E-state index contributed by atoms with van der Waals surface area (Å²) in [4.78, 5) is 12.1. The van der Waals surface area contributed by atoms with Gasteiger partial charge in [-0.25, -0.2) is 17.6 Å². The third-order valence-electron chi connectivity index (χ3n) is 3.00. The summed E-state index contributed by atoms with van der Waals surface area (Å²) in [6.45, 7) is 2.69. The fourth-order valence-electron chi connectivity index (χ4n) is 1.83. The molecule has 0 aromatic heterocycles. The molecule has 20 heavy (non-hydrogen) atoms. The highest BCUT2D eigenvalue weighted by atomic mass is 19.1. The summed E-state index contributed by atoms with van der Waals surface area (Å²) in [5.74, 6) is -5.26. The zero-order valence-electron chi connectivity index (χ0n) is 10.7. The minimum atomic E-state index is -1.15. The quantitative estimate of drug-likeness (QED) is 0.599. The van der Waals surface area contributed by atoms with Gasteiger partial charge >= 0.3 is 0 Å². The van der Waals surface area contributed by atoms with E-state index in [0.717, 1.165) is 12.1 Å². The van der Waals surface area contributed by atoms with Gasteiger partial charge in [-0.15, -0.1) is 0 Å². The van der Waals surface area contributed by atoms with Crippen LogP contribution in [0.3, 0.4) is 0 Å². The Kier molecular flexibility index (Phi) is 3.61. The highest BCUT2D eigenvalue weighted by Gasteiger charge is 2.23. The van der Waals surface area contributed by atoms with E-state index in [1.165, 1.54) is 19.9 Å². The molecule has 0 spiro atoms. The molecule has 2 rings (SSSR count). The summed E-state index contributed by atoms with van der Waals surface area (Å²) in [6, 6.07) is 3.57. The maximum absolute atomic E-state index is 13.9. The van der Waals surface area contributed by atoms with Gasteiger partial charge in [-0.3, -0.25) is 4.79 Å². The minimum absolute atomic E-state index is 0.0169. The van der Waals surface area contributed by atoms with E-state index in [-0.39, 0.29) is 11.1 Å². The monoisotopic (exact) mass is 282 g/mol. The molecule has 2 aromatic rings. The summed E-state index contributed by atoms with van der Waals surface area (Å²) in [7, 11) is 0. The molecule has 104 valence electrons. The Bertz CT molecular complexity index is 708. The number of rotatable bonds is 2. The van der Waals surface area contributed by atoms with Crippen LogP contribution in [-0.4, -0.2) is 5.78 Å². The van der Waals surface area contributed by atoms with E-state index in [0.29, 0.717) is 6.07 Å². The largest absolute Gasteiger partial charge is 0.288 e. The van der Waals surface area contributed by atoms with Crippen molar-refractivity contribution in [3.05, 3.63) is 69.8 Å². The van der Waals surface area contributed by atoms with E-state index in [1.54, 1.807) is 0 Å². The Balaban J connectivity index is 2.64. The number of carbonyl (C=O) groups excluding carboxylic acids is 1. The third kappa shape index (κ3) is 2.31. The molecule has 0 heterocycles. The number of hydrogen-bond donors (Lipinski definition) is 0.